The van der Waals surface area contributed by atoms with Gasteiger partial charge in [0.05, 0.1) is 12.1 Å². The maximum atomic E-state index is 9.51. The normalized spacial score (nSPS) is 11.3. The first-order valence-electron chi connectivity index (χ1n) is 6.74. The standard InChI is InChI=1S/C15H21N5O/c1-15(2,10-21)20(3)13-9-12(19-16)17-14(18-13)11-7-5-4-6-8-11/h4-9,21H,10,16H2,1-3H3,(H,17,18,19). The van der Waals surface area contributed by atoms with Crippen molar-refractivity contribution in [1.29, 1.82) is 0 Å². The highest BCUT2D eigenvalue weighted by atomic mass is 16.3. The van der Waals surface area contributed by atoms with Gasteiger partial charge in [-0.05, 0) is 13.8 Å². The Morgan fingerprint density at radius 1 is 1.24 bits per heavy atom. The number of benzene rings is 1. The van der Waals surface area contributed by atoms with Crippen molar-refractivity contribution < 1.29 is 5.11 Å². The summed E-state index contributed by atoms with van der Waals surface area (Å²) >= 11 is 0. The molecule has 0 spiro atoms. The number of aliphatic hydroxyl groups is 1. The molecule has 1 heterocycles. The highest BCUT2D eigenvalue weighted by Crippen LogP contribution is 2.25. The molecule has 6 heteroatoms. The Hall–Kier alpha value is -2.18. The van der Waals surface area contributed by atoms with Crippen LogP contribution in [0.5, 0.6) is 0 Å². The highest BCUT2D eigenvalue weighted by molar-refractivity contribution is 5.61. The van der Waals surface area contributed by atoms with Gasteiger partial charge < -0.3 is 15.4 Å². The number of nitrogens with two attached hydrogens (primary N) is 1. The number of nitrogen functional groups attached to an aromatic ring is 1. The van der Waals surface area contributed by atoms with Crippen LogP contribution in [-0.2, 0) is 0 Å². The molecule has 0 aliphatic heterocycles. The molecule has 112 valence electrons. The van der Waals surface area contributed by atoms with Gasteiger partial charge in [-0.3, -0.25) is 0 Å². The number of rotatable bonds is 5. The summed E-state index contributed by atoms with van der Waals surface area (Å²) in [7, 11) is 1.88. The molecule has 6 nitrogen and oxygen atoms in total. The summed E-state index contributed by atoms with van der Waals surface area (Å²) in [6, 6.07) is 11.4. The Labute approximate surface area is 124 Å². The predicted octanol–water partition coefficient (Wildman–Crippen LogP) is 1.64. The number of nitrogens with one attached hydrogen (secondary N) is 1. The molecule has 0 saturated carbocycles. The molecule has 0 aliphatic rings. The van der Waals surface area contributed by atoms with Gasteiger partial charge in [-0.1, -0.05) is 30.3 Å². The van der Waals surface area contributed by atoms with Crippen molar-refractivity contribution in [1.82, 2.24) is 9.97 Å². The molecular weight excluding hydrogens is 266 g/mol. The van der Waals surface area contributed by atoms with Gasteiger partial charge in [0.2, 0.25) is 0 Å². The Morgan fingerprint density at radius 3 is 2.48 bits per heavy atom. The lowest BCUT2D eigenvalue weighted by Crippen LogP contribution is -2.45. The number of aromatic nitrogens is 2. The fourth-order valence-corrected chi connectivity index (χ4v) is 1.81. The first-order valence-corrected chi connectivity index (χ1v) is 6.74. The molecule has 4 N–H and O–H groups in total. The fraction of sp³-hybridized carbons (Fsp3) is 0.333. The summed E-state index contributed by atoms with van der Waals surface area (Å²) in [4.78, 5) is 10.9. The van der Waals surface area contributed by atoms with E-state index in [1.807, 2.05) is 56.1 Å². The van der Waals surface area contributed by atoms with Gasteiger partial charge in [-0.15, -0.1) is 0 Å². The summed E-state index contributed by atoms with van der Waals surface area (Å²) in [5.41, 5.74) is 3.03. The molecule has 0 atom stereocenters. The predicted molar refractivity (Wildman–Crippen MR) is 84.8 cm³/mol. The van der Waals surface area contributed by atoms with Gasteiger partial charge in [-0.25, -0.2) is 15.8 Å². The van der Waals surface area contributed by atoms with Crippen molar-refractivity contribution in [2.45, 2.75) is 19.4 Å². The summed E-state index contributed by atoms with van der Waals surface area (Å²) in [5.74, 6) is 7.30. The van der Waals surface area contributed by atoms with Crippen molar-refractivity contribution in [3.8, 4) is 11.4 Å². The number of hydrogen-bond acceptors (Lipinski definition) is 6. The van der Waals surface area contributed by atoms with Gasteiger partial charge in [0.25, 0.3) is 0 Å². The second kappa shape index (κ2) is 6.07. The lowest BCUT2D eigenvalue weighted by molar-refractivity contribution is 0.215. The molecule has 0 bridgehead atoms. The van der Waals surface area contributed by atoms with Gasteiger partial charge in [0.1, 0.15) is 11.6 Å². The maximum Gasteiger partial charge on any atom is 0.163 e. The molecule has 1 aromatic heterocycles. The quantitative estimate of drug-likeness (QED) is 0.572. The lowest BCUT2D eigenvalue weighted by atomic mass is 10.1. The Morgan fingerprint density at radius 2 is 1.90 bits per heavy atom. The number of hydrazine groups is 1. The highest BCUT2D eigenvalue weighted by Gasteiger charge is 2.24. The van der Waals surface area contributed by atoms with Gasteiger partial charge in [-0.2, -0.15) is 0 Å². The van der Waals surface area contributed by atoms with E-state index in [1.54, 1.807) is 6.07 Å². The maximum absolute atomic E-state index is 9.51. The Kier molecular flexibility index (Phi) is 4.40. The molecule has 0 saturated heterocycles. The van der Waals surface area contributed by atoms with E-state index in [2.05, 4.69) is 15.4 Å². The van der Waals surface area contributed by atoms with Crippen LogP contribution in [0.2, 0.25) is 0 Å². The van der Waals surface area contributed by atoms with Crippen molar-refractivity contribution >= 4 is 11.6 Å². The third-order valence-electron chi connectivity index (χ3n) is 3.53. The average molecular weight is 287 g/mol. The van der Waals surface area contributed by atoms with Crippen LogP contribution in [0.3, 0.4) is 0 Å². The van der Waals surface area contributed by atoms with Crippen LogP contribution in [0.1, 0.15) is 13.8 Å². The third kappa shape index (κ3) is 3.29. The molecule has 21 heavy (non-hydrogen) atoms. The average Bonchev–Trinajstić information content (AvgIpc) is 2.54. The number of anilines is 2. The zero-order valence-corrected chi connectivity index (χ0v) is 12.5. The minimum Gasteiger partial charge on any atom is -0.394 e. The number of hydrogen-bond donors (Lipinski definition) is 3. The monoisotopic (exact) mass is 287 g/mol. The molecular formula is C15H21N5O. The van der Waals surface area contributed by atoms with Gasteiger partial charge in [0.15, 0.2) is 5.82 Å². The summed E-state index contributed by atoms with van der Waals surface area (Å²) in [6.07, 6.45) is 0. The van der Waals surface area contributed by atoms with E-state index in [4.69, 9.17) is 5.84 Å². The Balaban J connectivity index is 2.48. The molecule has 0 aliphatic carbocycles. The second-order valence-electron chi connectivity index (χ2n) is 5.47. The van der Waals surface area contributed by atoms with Crippen LogP contribution in [0.25, 0.3) is 11.4 Å². The van der Waals surface area contributed by atoms with Crippen LogP contribution in [-0.4, -0.2) is 34.3 Å². The summed E-state index contributed by atoms with van der Waals surface area (Å²) in [6.45, 7) is 3.89. The van der Waals surface area contributed by atoms with Crippen LogP contribution in [0.15, 0.2) is 36.4 Å². The van der Waals surface area contributed by atoms with E-state index in [1.165, 1.54) is 0 Å². The Bertz CT molecular complexity index is 600. The van der Waals surface area contributed by atoms with Crippen molar-refractivity contribution in [3.63, 3.8) is 0 Å². The topological polar surface area (TPSA) is 87.3 Å². The lowest BCUT2D eigenvalue weighted by Gasteiger charge is -2.35. The molecule has 0 unspecified atom stereocenters. The smallest absolute Gasteiger partial charge is 0.163 e. The minimum absolute atomic E-state index is 0.0135. The first-order chi connectivity index (χ1) is 9.97. The van der Waals surface area contributed by atoms with Crippen LogP contribution >= 0.6 is 0 Å². The summed E-state index contributed by atoms with van der Waals surface area (Å²) < 4.78 is 0. The molecule has 1 aromatic carbocycles. The third-order valence-corrected chi connectivity index (χ3v) is 3.53. The van der Waals surface area contributed by atoms with Crippen LogP contribution in [0, 0.1) is 0 Å². The molecule has 0 fully saturated rings. The van der Waals surface area contributed by atoms with Crippen molar-refractivity contribution in [3.05, 3.63) is 36.4 Å². The van der Waals surface area contributed by atoms with Crippen LogP contribution in [0.4, 0.5) is 11.6 Å². The second-order valence-corrected chi connectivity index (χ2v) is 5.47. The van der Waals surface area contributed by atoms with Gasteiger partial charge in [0, 0.05) is 18.7 Å². The SMILES string of the molecule is CN(c1cc(NN)nc(-c2ccccc2)n1)C(C)(C)CO. The van der Waals surface area contributed by atoms with Crippen LogP contribution < -0.4 is 16.2 Å². The zero-order chi connectivity index (χ0) is 15.5. The van der Waals surface area contributed by atoms with E-state index in [0.717, 1.165) is 5.56 Å². The van der Waals surface area contributed by atoms with E-state index in [9.17, 15) is 5.11 Å². The van der Waals surface area contributed by atoms with E-state index in [0.29, 0.717) is 17.5 Å². The van der Waals surface area contributed by atoms with Crippen molar-refractivity contribution in [2.75, 3.05) is 24.0 Å². The molecule has 0 radical (unpaired) electrons. The van der Waals surface area contributed by atoms with Gasteiger partial charge >= 0.3 is 0 Å². The first kappa shape index (κ1) is 15.2. The van der Waals surface area contributed by atoms with E-state index >= 15 is 0 Å². The molecule has 2 rings (SSSR count). The number of nitrogens with zero attached hydrogens (tertiary/aromatic N) is 3. The minimum atomic E-state index is -0.436. The van der Waals surface area contributed by atoms with E-state index < -0.39 is 5.54 Å². The fourth-order valence-electron chi connectivity index (χ4n) is 1.81. The van der Waals surface area contributed by atoms with E-state index in [-0.39, 0.29) is 6.61 Å². The zero-order valence-electron chi connectivity index (χ0n) is 12.5. The van der Waals surface area contributed by atoms with Crippen molar-refractivity contribution in [2.24, 2.45) is 5.84 Å². The number of aliphatic hydroxyl groups excluding tert-OH is 1. The molecule has 2 aromatic rings. The molecule has 0 amide bonds. The largest absolute Gasteiger partial charge is 0.394 e. The summed E-state index contributed by atoms with van der Waals surface area (Å²) in [5, 5.41) is 9.51. The number of likely N-dealkylation sites (N-methyl/N-ethyl adjacent to an activating group) is 1.